The molecule has 0 aliphatic carbocycles. The Balaban J connectivity index is 2.22. The summed E-state index contributed by atoms with van der Waals surface area (Å²) in [6.45, 7) is 2.41. The summed E-state index contributed by atoms with van der Waals surface area (Å²) in [5.41, 5.74) is 4.30. The first-order valence-corrected chi connectivity index (χ1v) is 6.67. The van der Waals surface area contributed by atoms with Gasteiger partial charge in [-0.3, -0.25) is 0 Å². The Morgan fingerprint density at radius 1 is 1.47 bits per heavy atom. The predicted octanol–water partition coefficient (Wildman–Crippen LogP) is 2.55. The van der Waals surface area contributed by atoms with Crippen molar-refractivity contribution in [3.8, 4) is 0 Å². The van der Waals surface area contributed by atoms with Crippen LogP contribution in [0.25, 0.3) is 11.0 Å². The summed E-state index contributed by atoms with van der Waals surface area (Å²) >= 11 is 1.52. The molecule has 0 amide bonds. The number of benzene rings is 1. The van der Waals surface area contributed by atoms with Crippen molar-refractivity contribution < 1.29 is 9.90 Å². The van der Waals surface area contributed by atoms with Crippen LogP contribution in [0.5, 0.6) is 0 Å². The van der Waals surface area contributed by atoms with Crippen LogP contribution in [0.3, 0.4) is 0 Å². The molecule has 19 heavy (non-hydrogen) atoms. The number of nitrogens with zero attached hydrogens (tertiary/aromatic N) is 3. The molecule has 0 aliphatic rings. The maximum absolute atomic E-state index is 11.3. The molecule has 0 aliphatic heterocycles. The number of fused-ring (bicyclic) bond motifs is 1. The van der Waals surface area contributed by atoms with E-state index in [1.165, 1.54) is 11.3 Å². The highest BCUT2D eigenvalue weighted by Gasteiger charge is 2.16. The maximum Gasteiger partial charge on any atom is 0.337 e. The minimum Gasteiger partial charge on any atom is -0.478 e. The van der Waals surface area contributed by atoms with Crippen LogP contribution in [-0.4, -0.2) is 25.6 Å². The summed E-state index contributed by atoms with van der Waals surface area (Å²) in [6, 6.07) is 5.14. The van der Waals surface area contributed by atoms with Crippen molar-refractivity contribution in [2.45, 2.75) is 13.5 Å². The zero-order valence-electron chi connectivity index (χ0n) is 10.2. The molecular formula is C13H11N3O2S. The lowest BCUT2D eigenvalue weighted by atomic mass is 10.2. The first-order chi connectivity index (χ1) is 9.16. The Bertz CT molecular complexity index is 747. The second-order valence-corrected chi connectivity index (χ2v) is 4.92. The van der Waals surface area contributed by atoms with Gasteiger partial charge in [-0.05, 0) is 19.1 Å². The number of hydrogen-bond donors (Lipinski definition) is 1. The van der Waals surface area contributed by atoms with Gasteiger partial charge in [0.25, 0.3) is 0 Å². The largest absolute Gasteiger partial charge is 0.478 e. The van der Waals surface area contributed by atoms with Gasteiger partial charge in [0.2, 0.25) is 0 Å². The normalized spacial score (nSPS) is 11.0. The third kappa shape index (κ3) is 2.00. The first kappa shape index (κ1) is 11.9. The predicted molar refractivity (Wildman–Crippen MR) is 72.6 cm³/mol. The van der Waals surface area contributed by atoms with Gasteiger partial charge >= 0.3 is 5.97 Å². The number of aryl methyl sites for hydroxylation is 1. The van der Waals surface area contributed by atoms with Crippen LogP contribution in [0, 0.1) is 6.92 Å². The number of aromatic nitrogens is 3. The summed E-state index contributed by atoms with van der Waals surface area (Å²) in [7, 11) is 0. The summed E-state index contributed by atoms with van der Waals surface area (Å²) in [4.78, 5) is 20.0. The molecule has 3 rings (SSSR count). The third-order valence-corrected chi connectivity index (χ3v) is 3.63. The second-order valence-electron chi connectivity index (χ2n) is 4.20. The monoisotopic (exact) mass is 273 g/mol. The fourth-order valence-corrected chi connectivity index (χ4v) is 2.69. The number of hydrogen-bond acceptors (Lipinski definition) is 4. The van der Waals surface area contributed by atoms with Crippen LogP contribution in [0.4, 0.5) is 0 Å². The van der Waals surface area contributed by atoms with E-state index in [-0.39, 0.29) is 5.56 Å². The number of thiazole rings is 1. The maximum atomic E-state index is 11.3. The number of carboxylic acids is 1. The standard InChI is InChI=1S/C13H11N3O2S/c1-8-15-11-4-2-3-10(13(17)18)12(11)16(8)5-9-6-19-7-14-9/h2-4,6-7H,5H2,1H3,(H,17,18). The number of carbonyl (C=O) groups is 1. The summed E-state index contributed by atoms with van der Waals surface area (Å²) in [6.07, 6.45) is 0. The second kappa shape index (κ2) is 4.47. The van der Waals surface area contributed by atoms with E-state index in [1.54, 1.807) is 17.6 Å². The molecule has 2 aromatic heterocycles. The Morgan fingerprint density at radius 2 is 2.32 bits per heavy atom. The van der Waals surface area contributed by atoms with Gasteiger partial charge in [0, 0.05) is 5.38 Å². The number of imidazole rings is 1. The minimum atomic E-state index is -0.940. The van der Waals surface area contributed by atoms with Crippen molar-refractivity contribution >= 4 is 28.3 Å². The third-order valence-electron chi connectivity index (χ3n) is 2.99. The van der Waals surface area contributed by atoms with Gasteiger partial charge in [0.05, 0.1) is 34.3 Å². The van der Waals surface area contributed by atoms with Gasteiger partial charge in [-0.1, -0.05) is 6.07 Å². The molecule has 0 fully saturated rings. The highest BCUT2D eigenvalue weighted by atomic mass is 32.1. The fourth-order valence-electron chi connectivity index (χ4n) is 2.15. The highest BCUT2D eigenvalue weighted by molar-refractivity contribution is 7.07. The van der Waals surface area contributed by atoms with Crippen LogP contribution < -0.4 is 0 Å². The van der Waals surface area contributed by atoms with Gasteiger partial charge in [-0.2, -0.15) is 0 Å². The van der Waals surface area contributed by atoms with Gasteiger partial charge < -0.3 is 9.67 Å². The van der Waals surface area contributed by atoms with Gasteiger partial charge in [0.15, 0.2) is 0 Å². The Morgan fingerprint density at radius 3 is 3.00 bits per heavy atom. The molecule has 5 nitrogen and oxygen atoms in total. The fraction of sp³-hybridized carbons (Fsp3) is 0.154. The Labute approximate surface area is 113 Å². The van der Waals surface area contributed by atoms with Crippen molar-refractivity contribution in [3.63, 3.8) is 0 Å². The van der Waals surface area contributed by atoms with Crippen molar-refractivity contribution in [1.82, 2.24) is 14.5 Å². The molecule has 0 saturated heterocycles. The van der Waals surface area contributed by atoms with E-state index < -0.39 is 5.97 Å². The summed E-state index contributed by atoms with van der Waals surface area (Å²) < 4.78 is 1.90. The van der Waals surface area contributed by atoms with Crippen molar-refractivity contribution in [3.05, 3.63) is 46.2 Å². The molecule has 96 valence electrons. The van der Waals surface area contributed by atoms with Crippen LogP contribution in [0.1, 0.15) is 21.9 Å². The van der Waals surface area contributed by atoms with E-state index in [1.807, 2.05) is 22.9 Å². The lowest BCUT2D eigenvalue weighted by Gasteiger charge is -2.06. The van der Waals surface area contributed by atoms with Crippen LogP contribution in [-0.2, 0) is 6.54 Å². The number of carboxylic acid groups (broad SMARTS) is 1. The topological polar surface area (TPSA) is 68.0 Å². The quantitative estimate of drug-likeness (QED) is 0.796. The Kier molecular flexibility index (Phi) is 2.79. The van der Waals surface area contributed by atoms with Crippen LogP contribution in [0.2, 0.25) is 0 Å². The molecule has 6 heteroatoms. The molecule has 2 heterocycles. The molecule has 0 spiro atoms. The molecule has 0 atom stereocenters. The van der Waals surface area contributed by atoms with E-state index in [2.05, 4.69) is 9.97 Å². The first-order valence-electron chi connectivity index (χ1n) is 5.73. The zero-order valence-corrected chi connectivity index (χ0v) is 11.0. The molecule has 0 bridgehead atoms. The highest BCUT2D eigenvalue weighted by Crippen LogP contribution is 2.21. The van der Waals surface area contributed by atoms with E-state index in [4.69, 9.17) is 0 Å². The van der Waals surface area contributed by atoms with Crippen molar-refractivity contribution in [1.29, 1.82) is 0 Å². The smallest absolute Gasteiger partial charge is 0.337 e. The lowest BCUT2D eigenvalue weighted by Crippen LogP contribution is -2.06. The van der Waals surface area contributed by atoms with Gasteiger partial charge in [-0.15, -0.1) is 11.3 Å². The lowest BCUT2D eigenvalue weighted by molar-refractivity contribution is 0.0698. The van der Waals surface area contributed by atoms with E-state index in [0.29, 0.717) is 17.6 Å². The van der Waals surface area contributed by atoms with E-state index >= 15 is 0 Å². The average Bonchev–Trinajstić information content (AvgIpc) is 2.98. The number of aromatic carboxylic acids is 1. The molecule has 0 unspecified atom stereocenters. The Hall–Kier alpha value is -2.21. The molecule has 3 aromatic rings. The molecule has 0 radical (unpaired) electrons. The van der Waals surface area contributed by atoms with Crippen molar-refractivity contribution in [2.75, 3.05) is 0 Å². The SMILES string of the molecule is Cc1nc2cccc(C(=O)O)c2n1Cc1cscn1. The number of rotatable bonds is 3. The van der Waals surface area contributed by atoms with E-state index in [9.17, 15) is 9.90 Å². The summed E-state index contributed by atoms with van der Waals surface area (Å²) in [5.74, 6) is -0.151. The average molecular weight is 273 g/mol. The van der Waals surface area contributed by atoms with Crippen molar-refractivity contribution in [2.24, 2.45) is 0 Å². The molecule has 1 aromatic carbocycles. The zero-order chi connectivity index (χ0) is 13.4. The van der Waals surface area contributed by atoms with E-state index in [0.717, 1.165) is 11.5 Å². The molecular weight excluding hydrogens is 262 g/mol. The summed E-state index contributed by atoms with van der Waals surface area (Å²) in [5, 5.41) is 11.2. The number of para-hydroxylation sites is 1. The van der Waals surface area contributed by atoms with Crippen LogP contribution >= 0.6 is 11.3 Å². The minimum absolute atomic E-state index is 0.272. The molecule has 0 saturated carbocycles. The van der Waals surface area contributed by atoms with Gasteiger partial charge in [-0.25, -0.2) is 14.8 Å². The van der Waals surface area contributed by atoms with Crippen LogP contribution in [0.15, 0.2) is 29.1 Å². The van der Waals surface area contributed by atoms with Gasteiger partial charge in [0.1, 0.15) is 5.82 Å². The molecule has 1 N–H and O–H groups in total.